The highest BCUT2D eigenvalue weighted by molar-refractivity contribution is 5.92. The maximum absolute atomic E-state index is 12.7. The third-order valence-electron chi connectivity index (χ3n) is 4.51. The van der Waals surface area contributed by atoms with Crippen molar-refractivity contribution in [2.75, 3.05) is 13.1 Å². The third-order valence-corrected chi connectivity index (χ3v) is 4.51. The Morgan fingerprint density at radius 3 is 2.86 bits per heavy atom. The number of piperidine rings is 1. The second-order valence-corrected chi connectivity index (χ2v) is 6.18. The van der Waals surface area contributed by atoms with Crippen molar-refractivity contribution in [1.82, 2.24) is 25.1 Å². The van der Waals surface area contributed by atoms with Gasteiger partial charge in [0, 0.05) is 43.0 Å². The normalized spacial score (nSPS) is 21.8. The van der Waals surface area contributed by atoms with E-state index in [1.807, 2.05) is 11.0 Å². The molecule has 1 atom stereocenters. The van der Waals surface area contributed by atoms with Crippen LogP contribution < -0.4 is 0 Å². The van der Waals surface area contributed by atoms with Gasteiger partial charge < -0.3 is 4.90 Å². The van der Waals surface area contributed by atoms with Gasteiger partial charge in [-0.3, -0.25) is 9.89 Å². The number of hydrogen-bond donors (Lipinski definition) is 1. The lowest BCUT2D eigenvalue weighted by Gasteiger charge is -2.32. The molecule has 3 heterocycles. The molecule has 1 aliphatic heterocycles. The van der Waals surface area contributed by atoms with Crippen LogP contribution in [0.3, 0.4) is 0 Å². The molecule has 0 aromatic carbocycles. The summed E-state index contributed by atoms with van der Waals surface area (Å²) in [7, 11) is 0. The molecule has 4 rings (SSSR count). The van der Waals surface area contributed by atoms with E-state index >= 15 is 0 Å². The maximum atomic E-state index is 12.7. The number of H-pyrrole nitrogens is 1. The van der Waals surface area contributed by atoms with E-state index in [2.05, 4.69) is 20.2 Å². The predicted molar refractivity (Wildman–Crippen MR) is 80.5 cm³/mol. The SMILES string of the molecule is O=C(c1ccnc(C2CC2)n1)N1CCC[C@H](c2ccn[nH]2)C1. The minimum Gasteiger partial charge on any atom is -0.337 e. The van der Waals surface area contributed by atoms with E-state index in [1.54, 1.807) is 18.5 Å². The van der Waals surface area contributed by atoms with Crippen molar-refractivity contribution in [3.63, 3.8) is 0 Å². The molecule has 2 fully saturated rings. The Morgan fingerprint density at radius 2 is 2.09 bits per heavy atom. The van der Waals surface area contributed by atoms with Gasteiger partial charge in [-0.25, -0.2) is 9.97 Å². The Kier molecular flexibility index (Phi) is 3.36. The number of likely N-dealkylation sites (tertiary alicyclic amines) is 1. The van der Waals surface area contributed by atoms with Crippen LogP contribution in [0.25, 0.3) is 0 Å². The van der Waals surface area contributed by atoms with E-state index in [0.717, 1.165) is 50.3 Å². The van der Waals surface area contributed by atoms with Crippen LogP contribution in [0, 0.1) is 0 Å². The minimum atomic E-state index is 0.0218. The predicted octanol–water partition coefficient (Wildman–Crippen LogP) is 2.10. The van der Waals surface area contributed by atoms with Crippen LogP contribution in [-0.4, -0.2) is 44.1 Å². The summed E-state index contributed by atoms with van der Waals surface area (Å²) in [6.45, 7) is 1.52. The van der Waals surface area contributed by atoms with Crippen LogP contribution >= 0.6 is 0 Å². The van der Waals surface area contributed by atoms with Gasteiger partial charge in [0.1, 0.15) is 11.5 Å². The monoisotopic (exact) mass is 297 g/mol. The zero-order valence-corrected chi connectivity index (χ0v) is 12.4. The topological polar surface area (TPSA) is 74.8 Å². The first-order chi connectivity index (χ1) is 10.8. The molecule has 1 amide bonds. The summed E-state index contributed by atoms with van der Waals surface area (Å²) < 4.78 is 0. The van der Waals surface area contributed by atoms with Gasteiger partial charge in [-0.2, -0.15) is 5.10 Å². The van der Waals surface area contributed by atoms with E-state index in [0.29, 0.717) is 17.5 Å². The van der Waals surface area contributed by atoms with Crippen molar-refractivity contribution in [3.8, 4) is 0 Å². The first kappa shape index (κ1) is 13.4. The molecule has 0 spiro atoms. The van der Waals surface area contributed by atoms with E-state index in [-0.39, 0.29) is 5.91 Å². The molecule has 22 heavy (non-hydrogen) atoms. The molecule has 1 saturated carbocycles. The van der Waals surface area contributed by atoms with E-state index in [9.17, 15) is 4.79 Å². The van der Waals surface area contributed by atoms with Crippen LogP contribution in [0.2, 0.25) is 0 Å². The summed E-state index contributed by atoms with van der Waals surface area (Å²) in [4.78, 5) is 23.4. The van der Waals surface area contributed by atoms with Crippen LogP contribution in [0.1, 0.15) is 59.5 Å². The quantitative estimate of drug-likeness (QED) is 0.941. The van der Waals surface area contributed by atoms with Gasteiger partial charge in [-0.05, 0) is 37.8 Å². The van der Waals surface area contributed by atoms with Gasteiger partial charge in [0.25, 0.3) is 5.91 Å². The van der Waals surface area contributed by atoms with Crippen molar-refractivity contribution in [2.45, 2.75) is 37.5 Å². The lowest BCUT2D eigenvalue weighted by atomic mass is 9.95. The zero-order chi connectivity index (χ0) is 14.9. The van der Waals surface area contributed by atoms with Crippen molar-refractivity contribution in [1.29, 1.82) is 0 Å². The number of rotatable bonds is 3. The van der Waals surface area contributed by atoms with Gasteiger partial charge in [-0.1, -0.05) is 0 Å². The molecule has 0 bridgehead atoms. The van der Waals surface area contributed by atoms with Crippen molar-refractivity contribution >= 4 is 5.91 Å². The summed E-state index contributed by atoms with van der Waals surface area (Å²) in [5, 5.41) is 7.04. The molecule has 1 N–H and O–H groups in total. The number of amides is 1. The van der Waals surface area contributed by atoms with Crippen LogP contribution in [0.4, 0.5) is 0 Å². The molecular weight excluding hydrogens is 278 g/mol. The molecule has 114 valence electrons. The fraction of sp³-hybridized carbons (Fsp3) is 0.500. The summed E-state index contributed by atoms with van der Waals surface area (Å²) in [6, 6.07) is 3.72. The Morgan fingerprint density at radius 1 is 1.18 bits per heavy atom. The Balaban J connectivity index is 1.51. The number of carbonyl (C=O) groups excluding carboxylic acids is 1. The fourth-order valence-corrected chi connectivity index (χ4v) is 3.10. The second-order valence-electron chi connectivity index (χ2n) is 6.18. The molecule has 1 saturated heterocycles. The standard InChI is InChI=1S/C16H19N5O/c22-16(14-5-7-17-15(19-14)11-3-4-11)21-9-1-2-12(10-21)13-6-8-18-20-13/h5-8,11-12H,1-4,9-10H2,(H,18,20)/t12-/m0/s1. The first-order valence-electron chi connectivity index (χ1n) is 7.93. The van der Waals surface area contributed by atoms with Gasteiger partial charge in [-0.15, -0.1) is 0 Å². The molecule has 0 radical (unpaired) electrons. The average molecular weight is 297 g/mol. The summed E-state index contributed by atoms with van der Waals surface area (Å²) in [6.07, 6.45) is 7.86. The highest BCUT2D eigenvalue weighted by atomic mass is 16.2. The highest BCUT2D eigenvalue weighted by Gasteiger charge is 2.29. The highest BCUT2D eigenvalue weighted by Crippen LogP contribution is 2.37. The summed E-state index contributed by atoms with van der Waals surface area (Å²) in [5.41, 5.74) is 1.64. The van der Waals surface area contributed by atoms with Crippen molar-refractivity contribution in [3.05, 3.63) is 41.7 Å². The van der Waals surface area contributed by atoms with Crippen LogP contribution in [-0.2, 0) is 0 Å². The number of nitrogens with one attached hydrogen (secondary N) is 1. The average Bonchev–Trinajstić information content (AvgIpc) is 3.29. The molecule has 0 unspecified atom stereocenters. The number of aromatic nitrogens is 4. The van der Waals surface area contributed by atoms with Crippen LogP contribution in [0.5, 0.6) is 0 Å². The Labute approximate surface area is 129 Å². The largest absolute Gasteiger partial charge is 0.337 e. The third kappa shape index (κ3) is 2.61. The van der Waals surface area contributed by atoms with E-state index in [1.165, 1.54) is 0 Å². The molecule has 6 nitrogen and oxygen atoms in total. The maximum Gasteiger partial charge on any atom is 0.272 e. The Bertz CT molecular complexity index is 665. The van der Waals surface area contributed by atoms with Gasteiger partial charge >= 0.3 is 0 Å². The number of hydrogen-bond acceptors (Lipinski definition) is 4. The van der Waals surface area contributed by atoms with Crippen molar-refractivity contribution < 1.29 is 4.79 Å². The number of carbonyl (C=O) groups is 1. The summed E-state index contributed by atoms with van der Waals surface area (Å²) in [5.74, 6) is 1.65. The smallest absolute Gasteiger partial charge is 0.272 e. The molecular formula is C16H19N5O. The lowest BCUT2D eigenvalue weighted by Crippen LogP contribution is -2.39. The van der Waals surface area contributed by atoms with Gasteiger partial charge in [0.2, 0.25) is 0 Å². The van der Waals surface area contributed by atoms with E-state index in [4.69, 9.17) is 0 Å². The minimum absolute atomic E-state index is 0.0218. The first-order valence-corrected chi connectivity index (χ1v) is 7.93. The van der Waals surface area contributed by atoms with E-state index < -0.39 is 0 Å². The summed E-state index contributed by atoms with van der Waals surface area (Å²) >= 11 is 0. The Hall–Kier alpha value is -2.24. The molecule has 2 aliphatic rings. The molecule has 2 aromatic heterocycles. The zero-order valence-electron chi connectivity index (χ0n) is 12.4. The van der Waals surface area contributed by atoms with Gasteiger partial charge in [0.15, 0.2) is 0 Å². The molecule has 2 aromatic rings. The molecule has 1 aliphatic carbocycles. The number of nitrogens with zero attached hydrogens (tertiary/aromatic N) is 4. The fourth-order valence-electron chi connectivity index (χ4n) is 3.10. The molecule has 6 heteroatoms. The lowest BCUT2D eigenvalue weighted by molar-refractivity contribution is 0.0699. The van der Waals surface area contributed by atoms with Gasteiger partial charge in [0.05, 0.1) is 0 Å². The van der Waals surface area contributed by atoms with Crippen molar-refractivity contribution in [2.24, 2.45) is 0 Å². The second kappa shape index (κ2) is 5.51. The number of aromatic amines is 1. The van der Waals surface area contributed by atoms with Crippen LogP contribution in [0.15, 0.2) is 24.5 Å².